The summed E-state index contributed by atoms with van der Waals surface area (Å²) in [5, 5.41) is 2.65. The number of aromatic nitrogens is 1. The van der Waals surface area contributed by atoms with Gasteiger partial charge in [0.2, 0.25) is 5.91 Å². The lowest BCUT2D eigenvalue weighted by Gasteiger charge is -2.00. The molecule has 0 saturated heterocycles. The Balaban J connectivity index is 2.75. The Kier molecular flexibility index (Phi) is 3.20. The summed E-state index contributed by atoms with van der Waals surface area (Å²) in [4.78, 5) is 14.8. The van der Waals surface area contributed by atoms with Gasteiger partial charge in [0.25, 0.3) is 0 Å². The summed E-state index contributed by atoms with van der Waals surface area (Å²) in [5.74, 6) is -0.0828. The minimum atomic E-state index is -0.0828. The number of nitrogens with zero attached hydrogens (tertiary/aromatic N) is 1. The standard InChI is InChI=1S/C10H12N2O/c1-3-4-9-5-6-10(7-11-9)12-8(2)13/h3-7H,1-2H3,(H,12,13)/b4-3+. The van der Waals surface area contributed by atoms with Gasteiger partial charge in [0.05, 0.1) is 17.6 Å². The van der Waals surface area contributed by atoms with E-state index in [4.69, 9.17) is 0 Å². The van der Waals surface area contributed by atoms with Crippen LogP contribution < -0.4 is 5.32 Å². The number of carbonyl (C=O) groups is 1. The third kappa shape index (κ3) is 3.07. The second-order valence-corrected chi connectivity index (χ2v) is 2.65. The van der Waals surface area contributed by atoms with Crippen molar-refractivity contribution < 1.29 is 4.79 Å². The Hall–Kier alpha value is -1.64. The minimum absolute atomic E-state index is 0.0828. The van der Waals surface area contributed by atoms with Crippen LogP contribution in [0.25, 0.3) is 6.08 Å². The number of hydrogen-bond acceptors (Lipinski definition) is 2. The van der Waals surface area contributed by atoms with E-state index in [2.05, 4.69) is 10.3 Å². The average molecular weight is 176 g/mol. The molecule has 1 N–H and O–H groups in total. The molecule has 0 unspecified atom stereocenters. The van der Waals surface area contributed by atoms with Gasteiger partial charge in [-0.2, -0.15) is 0 Å². The molecule has 0 spiro atoms. The van der Waals surface area contributed by atoms with E-state index in [-0.39, 0.29) is 5.91 Å². The topological polar surface area (TPSA) is 42.0 Å². The van der Waals surface area contributed by atoms with Crippen molar-refractivity contribution in [2.24, 2.45) is 0 Å². The van der Waals surface area contributed by atoms with Gasteiger partial charge < -0.3 is 5.32 Å². The Labute approximate surface area is 77.5 Å². The van der Waals surface area contributed by atoms with Gasteiger partial charge in [-0.15, -0.1) is 0 Å². The molecule has 0 fully saturated rings. The molecular weight excluding hydrogens is 164 g/mol. The highest BCUT2D eigenvalue weighted by molar-refractivity contribution is 5.88. The maximum absolute atomic E-state index is 10.7. The molecular formula is C10H12N2O. The monoisotopic (exact) mass is 176 g/mol. The van der Waals surface area contributed by atoms with Gasteiger partial charge in [0.1, 0.15) is 0 Å². The molecule has 3 heteroatoms. The van der Waals surface area contributed by atoms with Crippen molar-refractivity contribution in [3.63, 3.8) is 0 Å². The zero-order valence-corrected chi connectivity index (χ0v) is 7.74. The van der Waals surface area contributed by atoms with Crippen molar-refractivity contribution in [1.82, 2.24) is 4.98 Å². The fourth-order valence-corrected chi connectivity index (χ4v) is 0.952. The van der Waals surface area contributed by atoms with Crippen LogP contribution in [0.1, 0.15) is 19.5 Å². The summed E-state index contributed by atoms with van der Waals surface area (Å²) in [6.45, 7) is 3.41. The van der Waals surface area contributed by atoms with E-state index < -0.39 is 0 Å². The van der Waals surface area contributed by atoms with E-state index in [1.807, 2.05) is 31.2 Å². The molecule has 0 bridgehead atoms. The van der Waals surface area contributed by atoms with E-state index in [1.165, 1.54) is 6.92 Å². The highest BCUT2D eigenvalue weighted by Gasteiger charge is 1.94. The Morgan fingerprint density at radius 3 is 2.77 bits per heavy atom. The van der Waals surface area contributed by atoms with Crippen LogP contribution in [0.15, 0.2) is 24.4 Å². The van der Waals surface area contributed by atoms with Crippen LogP contribution in [0.5, 0.6) is 0 Å². The largest absolute Gasteiger partial charge is 0.325 e. The molecule has 1 rings (SSSR count). The van der Waals surface area contributed by atoms with E-state index in [0.717, 1.165) is 11.4 Å². The van der Waals surface area contributed by atoms with Gasteiger partial charge in [-0.3, -0.25) is 9.78 Å². The number of rotatable bonds is 2. The predicted octanol–water partition coefficient (Wildman–Crippen LogP) is 2.07. The summed E-state index contributed by atoms with van der Waals surface area (Å²) in [6, 6.07) is 3.68. The average Bonchev–Trinajstić information content (AvgIpc) is 2.08. The molecule has 1 amide bonds. The number of carbonyl (C=O) groups excluding carboxylic acids is 1. The van der Waals surface area contributed by atoms with E-state index in [9.17, 15) is 4.79 Å². The molecule has 1 heterocycles. The van der Waals surface area contributed by atoms with Crippen LogP contribution >= 0.6 is 0 Å². The maximum Gasteiger partial charge on any atom is 0.221 e. The number of allylic oxidation sites excluding steroid dienone is 1. The highest BCUT2D eigenvalue weighted by atomic mass is 16.1. The second-order valence-electron chi connectivity index (χ2n) is 2.65. The molecule has 1 aromatic heterocycles. The molecule has 0 aromatic carbocycles. The summed E-state index contributed by atoms with van der Waals surface area (Å²) < 4.78 is 0. The maximum atomic E-state index is 10.7. The van der Waals surface area contributed by atoms with Crippen molar-refractivity contribution in [2.75, 3.05) is 5.32 Å². The van der Waals surface area contributed by atoms with E-state index >= 15 is 0 Å². The highest BCUT2D eigenvalue weighted by Crippen LogP contribution is 2.06. The Morgan fingerprint density at radius 1 is 1.54 bits per heavy atom. The van der Waals surface area contributed by atoms with Gasteiger partial charge in [-0.1, -0.05) is 6.08 Å². The van der Waals surface area contributed by atoms with Gasteiger partial charge in [0, 0.05) is 6.92 Å². The van der Waals surface area contributed by atoms with Crippen LogP contribution in [-0.2, 0) is 4.79 Å². The molecule has 0 saturated carbocycles. The Morgan fingerprint density at radius 2 is 2.31 bits per heavy atom. The van der Waals surface area contributed by atoms with Crippen molar-refractivity contribution in [1.29, 1.82) is 0 Å². The normalized spacial score (nSPS) is 10.3. The number of amides is 1. The lowest BCUT2D eigenvalue weighted by Crippen LogP contribution is -2.05. The lowest BCUT2D eigenvalue weighted by atomic mass is 10.3. The molecule has 13 heavy (non-hydrogen) atoms. The van der Waals surface area contributed by atoms with Gasteiger partial charge in [-0.25, -0.2) is 0 Å². The minimum Gasteiger partial charge on any atom is -0.325 e. The third-order valence-corrected chi connectivity index (χ3v) is 1.44. The third-order valence-electron chi connectivity index (χ3n) is 1.44. The lowest BCUT2D eigenvalue weighted by molar-refractivity contribution is -0.114. The molecule has 1 aromatic rings. The molecule has 0 radical (unpaired) electrons. The van der Waals surface area contributed by atoms with Crippen LogP contribution in [0.3, 0.4) is 0 Å². The van der Waals surface area contributed by atoms with Crippen LogP contribution in [0.4, 0.5) is 5.69 Å². The molecule has 0 aliphatic carbocycles. The summed E-state index contributed by atoms with van der Waals surface area (Å²) >= 11 is 0. The molecule has 0 aliphatic rings. The van der Waals surface area contributed by atoms with Crippen molar-refractivity contribution >= 4 is 17.7 Å². The van der Waals surface area contributed by atoms with Crippen LogP contribution in [0, 0.1) is 0 Å². The fraction of sp³-hybridized carbons (Fsp3) is 0.200. The smallest absolute Gasteiger partial charge is 0.221 e. The quantitative estimate of drug-likeness (QED) is 0.749. The number of pyridine rings is 1. The van der Waals surface area contributed by atoms with Crippen molar-refractivity contribution in [3.05, 3.63) is 30.1 Å². The zero-order chi connectivity index (χ0) is 9.68. The number of nitrogens with one attached hydrogen (secondary N) is 1. The first-order valence-electron chi connectivity index (χ1n) is 4.08. The SMILES string of the molecule is C/C=C/c1ccc(NC(C)=O)cn1. The van der Waals surface area contributed by atoms with Crippen molar-refractivity contribution in [3.8, 4) is 0 Å². The molecule has 0 aliphatic heterocycles. The van der Waals surface area contributed by atoms with E-state index in [0.29, 0.717) is 0 Å². The van der Waals surface area contributed by atoms with E-state index in [1.54, 1.807) is 6.20 Å². The first-order chi connectivity index (χ1) is 6.22. The van der Waals surface area contributed by atoms with Gasteiger partial charge >= 0.3 is 0 Å². The summed E-state index contributed by atoms with van der Waals surface area (Å²) in [6.07, 6.45) is 5.45. The first kappa shape index (κ1) is 9.45. The summed E-state index contributed by atoms with van der Waals surface area (Å²) in [7, 11) is 0. The van der Waals surface area contributed by atoms with Crippen molar-refractivity contribution in [2.45, 2.75) is 13.8 Å². The van der Waals surface area contributed by atoms with Crippen LogP contribution in [0.2, 0.25) is 0 Å². The fourth-order valence-electron chi connectivity index (χ4n) is 0.952. The molecule has 3 nitrogen and oxygen atoms in total. The zero-order valence-electron chi connectivity index (χ0n) is 7.74. The molecule has 0 atom stereocenters. The number of hydrogen-bond donors (Lipinski definition) is 1. The molecule has 68 valence electrons. The van der Waals surface area contributed by atoms with Gasteiger partial charge in [-0.05, 0) is 25.1 Å². The Bertz CT molecular complexity index is 314. The number of anilines is 1. The first-order valence-corrected chi connectivity index (χ1v) is 4.08. The predicted molar refractivity (Wildman–Crippen MR) is 53.2 cm³/mol. The second kappa shape index (κ2) is 4.40. The van der Waals surface area contributed by atoms with Crippen LogP contribution in [-0.4, -0.2) is 10.9 Å². The van der Waals surface area contributed by atoms with Gasteiger partial charge in [0.15, 0.2) is 0 Å². The summed E-state index contributed by atoms with van der Waals surface area (Å²) in [5.41, 5.74) is 1.61.